The number of rotatable bonds is 3. The number of nitrogen functional groups attached to an aromatic ring is 1. The van der Waals surface area contributed by atoms with Crippen LogP contribution in [0.15, 0.2) is 12.1 Å². The number of carbonyl (C=O) groups excluding carboxylic acids is 1. The van der Waals surface area contributed by atoms with Crippen LogP contribution in [0.3, 0.4) is 0 Å². The van der Waals surface area contributed by atoms with Crippen LogP contribution in [0.5, 0.6) is 11.8 Å². The zero-order valence-electron chi connectivity index (χ0n) is 7.90. The molecule has 0 atom stereocenters. The van der Waals surface area contributed by atoms with Gasteiger partial charge in [0.05, 0.1) is 19.8 Å². The van der Waals surface area contributed by atoms with Crippen molar-refractivity contribution < 1.29 is 14.3 Å². The zero-order valence-corrected chi connectivity index (χ0v) is 7.90. The van der Waals surface area contributed by atoms with Crippen molar-refractivity contribution in [2.24, 2.45) is 5.84 Å². The van der Waals surface area contributed by atoms with Gasteiger partial charge in [0.1, 0.15) is 0 Å². The molecule has 14 heavy (non-hydrogen) atoms. The Morgan fingerprint density at radius 3 is 2.21 bits per heavy atom. The van der Waals surface area contributed by atoms with Gasteiger partial charge in [-0.25, -0.2) is 5.84 Å². The molecule has 6 heteroatoms. The number of nitrogens with two attached hydrogens (primary N) is 1. The van der Waals surface area contributed by atoms with Gasteiger partial charge in [-0.15, -0.1) is 0 Å². The number of hydrazine groups is 1. The molecular formula is C8H11N3O3. The fourth-order valence-corrected chi connectivity index (χ4v) is 0.904. The number of ether oxygens (including phenoxy) is 2. The second-order valence-electron chi connectivity index (χ2n) is 2.41. The molecule has 1 aromatic heterocycles. The molecule has 0 unspecified atom stereocenters. The van der Waals surface area contributed by atoms with Crippen molar-refractivity contribution >= 4 is 5.91 Å². The summed E-state index contributed by atoms with van der Waals surface area (Å²) >= 11 is 0. The van der Waals surface area contributed by atoms with Crippen LogP contribution in [0.2, 0.25) is 0 Å². The number of hydrogen-bond donors (Lipinski definition) is 2. The van der Waals surface area contributed by atoms with Gasteiger partial charge in [0.25, 0.3) is 5.91 Å². The lowest BCUT2D eigenvalue weighted by Gasteiger charge is -2.05. The van der Waals surface area contributed by atoms with E-state index in [1.54, 1.807) is 0 Å². The Hall–Kier alpha value is -1.82. The van der Waals surface area contributed by atoms with Crippen molar-refractivity contribution in [1.29, 1.82) is 0 Å². The highest BCUT2D eigenvalue weighted by molar-refractivity contribution is 5.94. The number of nitrogens with zero attached hydrogens (tertiary/aromatic N) is 1. The standard InChI is InChI=1S/C8H11N3O3/c1-13-6-3-5(8(12)11-9)4-7(10-6)14-2/h3-4H,9H2,1-2H3,(H,11,12). The van der Waals surface area contributed by atoms with E-state index in [1.807, 2.05) is 5.43 Å². The monoisotopic (exact) mass is 197 g/mol. The van der Waals surface area contributed by atoms with E-state index in [2.05, 4.69) is 4.98 Å². The Bertz CT molecular complexity index is 318. The highest BCUT2D eigenvalue weighted by Gasteiger charge is 2.08. The van der Waals surface area contributed by atoms with E-state index >= 15 is 0 Å². The first-order valence-corrected chi connectivity index (χ1v) is 3.82. The Morgan fingerprint density at radius 2 is 1.86 bits per heavy atom. The summed E-state index contributed by atoms with van der Waals surface area (Å²) in [4.78, 5) is 15.1. The van der Waals surface area contributed by atoms with E-state index in [4.69, 9.17) is 15.3 Å². The molecular weight excluding hydrogens is 186 g/mol. The average Bonchev–Trinajstić information content (AvgIpc) is 2.27. The Morgan fingerprint density at radius 1 is 1.36 bits per heavy atom. The van der Waals surface area contributed by atoms with Gasteiger partial charge in [-0.2, -0.15) is 4.98 Å². The smallest absolute Gasteiger partial charge is 0.265 e. The first-order valence-electron chi connectivity index (χ1n) is 3.82. The van der Waals surface area contributed by atoms with E-state index in [1.165, 1.54) is 26.4 Å². The van der Waals surface area contributed by atoms with Crippen molar-refractivity contribution in [3.05, 3.63) is 17.7 Å². The van der Waals surface area contributed by atoms with Crippen molar-refractivity contribution in [2.45, 2.75) is 0 Å². The van der Waals surface area contributed by atoms with Crippen LogP contribution in [0.25, 0.3) is 0 Å². The predicted molar refractivity (Wildman–Crippen MR) is 49.0 cm³/mol. The Labute approximate surface area is 81.0 Å². The Kier molecular flexibility index (Phi) is 3.24. The number of methoxy groups -OCH3 is 2. The summed E-state index contributed by atoms with van der Waals surface area (Å²) < 4.78 is 9.76. The second kappa shape index (κ2) is 4.43. The van der Waals surface area contributed by atoms with E-state index < -0.39 is 5.91 Å². The molecule has 0 saturated carbocycles. The van der Waals surface area contributed by atoms with Gasteiger partial charge < -0.3 is 9.47 Å². The fourth-order valence-electron chi connectivity index (χ4n) is 0.904. The van der Waals surface area contributed by atoms with Crippen molar-refractivity contribution in [2.75, 3.05) is 14.2 Å². The quantitative estimate of drug-likeness (QED) is 0.395. The Balaban J connectivity index is 3.10. The largest absolute Gasteiger partial charge is 0.481 e. The topological polar surface area (TPSA) is 86.5 Å². The molecule has 0 radical (unpaired) electrons. The van der Waals surface area contributed by atoms with Gasteiger partial charge in [-0.1, -0.05) is 0 Å². The van der Waals surface area contributed by atoms with Crippen LogP contribution in [0.1, 0.15) is 10.4 Å². The summed E-state index contributed by atoms with van der Waals surface area (Å²) in [6.07, 6.45) is 0. The molecule has 1 aromatic rings. The van der Waals surface area contributed by atoms with Crippen molar-refractivity contribution in [3.63, 3.8) is 0 Å². The normalized spacial score (nSPS) is 9.36. The molecule has 76 valence electrons. The first kappa shape index (κ1) is 10.3. The minimum Gasteiger partial charge on any atom is -0.481 e. The third-order valence-electron chi connectivity index (χ3n) is 1.59. The van der Waals surface area contributed by atoms with Gasteiger partial charge in [0.2, 0.25) is 11.8 Å². The van der Waals surface area contributed by atoms with E-state index in [-0.39, 0.29) is 0 Å². The highest BCUT2D eigenvalue weighted by atomic mass is 16.5. The van der Waals surface area contributed by atoms with Crippen LogP contribution in [0, 0.1) is 0 Å². The van der Waals surface area contributed by atoms with Gasteiger partial charge >= 0.3 is 0 Å². The van der Waals surface area contributed by atoms with Crippen LogP contribution in [-0.2, 0) is 0 Å². The summed E-state index contributed by atoms with van der Waals surface area (Å²) in [6, 6.07) is 2.93. The summed E-state index contributed by atoms with van der Waals surface area (Å²) in [5, 5.41) is 0. The first-order chi connectivity index (χ1) is 6.71. The molecule has 0 fully saturated rings. The van der Waals surface area contributed by atoms with E-state index in [0.29, 0.717) is 17.3 Å². The summed E-state index contributed by atoms with van der Waals surface area (Å²) in [5.74, 6) is 5.15. The lowest BCUT2D eigenvalue weighted by Crippen LogP contribution is -2.30. The second-order valence-corrected chi connectivity index (χ2v) is 2.41. The SMILES string of the molecule is COc1cc(C(=O)NN)cc(OC)n1. The maximum atomic E-state index is 11.2. The molecule has 1 heterocycles. The minimum atomic E-state index is -0.427. The number of aromatic nitrogens is 1. The third-order valence-corrected chi connectivity index (χ3v) is 1.59. The number of pyridine rings is 1. The van der Waals surface area contributed by atoms with E-state index in [0.717, 1.165) is 0 Å². The van der Waals surface area contributed by atoms with Gasteiger partial charge in [-0.05, 0) is 0 Å². The molecule has 0 aliphatic heterocycles. The molecule has 0 spiro atoms. The van der Waals surface area contributed by atoms with Crippen LogP contribution < -0.4 is 20.7 Å². The number of nitrogens with one attached hydrogen (secondary N) is 1. The molecule has 3 N–H and O–H groups in total. The van der Waals surface area contributed by atoms with Crippen LogP contribution in [0.4, 0.5) is 0 Å². The summed E-state index contributed by atoms with van der Waals surface area (Å²) in [6.45, 7) is 0. The number of amides is 1. The number of hydrogen-bond acceptors (Lipinski definition) is 5. The average molecular weight is 197 g/mol. The minimum absolute atomic E-state index is 0.294. The molecule has 0 aromatic carbocycles. The van der Waals surface area contributed by atoms with Gasteiger partial charge in [0, 0.05) is 12.1 Å². The number of carbonyl (C=O) groups is 1. The molecule has 1 amide bonds. The summed E-state index contributed by atoms with van der Waals surface area (Å²) in [7, 11) is 2.90. The van der Waals surface area contributed by atoms with Gasteiger partial charge in [-0.3, -0.25) is 10.2 Å². The molecule has 0 saturated heterocycles. The molecule has 0 bridgehead atoms. The van der Waals surface area contributed by atoms with Crippen LogP contribution >= 0.6 is 0 Å². The van der Waals surface area contributed by atoms with Gasteiger partial charge in [0.15, 0.2) is 0 Å². The highest BCUT2D eigenvalue weighted by Crippen LogP contribution is 2.16. The summed E-state index contributed by atoms with van der Waals surface area (Å²) in [5.41, 5.74) is 2.34. The molecule has 1 rings (SSSR count). The predicted octanol–water partition coefficient (Wildman–Crippen LogP) is -0.298. The van der Waals surface area contributed by atoms with Crippen molar-refractivity contribution in [1.82, 2.24) is 10.4 Å². The molecule has 0 aliphatic rings. The lowest BCUT2D eigenvalue weighted by molar-refractivity contribution is 0.0952. The maximum absolute atomic E-state index is 11.2. The third kappa shape index (κ3) is 2.11. The molecule has 0 aliphatic carbocycles. The van der Waals surface area contributed by atoms with E-state index in [9.17, 15) is 4.79 Å². The maximum Gasteiger partial charge on any atom is 0.265 e. The van der Waals surface area contributed by atoms with Crippen LogP contribution in [-0.4, -0.2) is 25.1 Å². The molecule has 6 nitrogen and oxygen atoms in total. The zero-order chi connectivity index (χ0) is 10.6. The van der Waals surface area contributed by atoms with Crippen molar-refractivity contribution in [3.8, 4) is 11.8 Å². The fraction of sp³-hybridized carbons (Fsp3) is 0.250. The lowest BCUT2D eigenvalue weighted by atomic mass is 10.2.